The Morgan fingerprint density at radius 1 is 1.31 bits per heavy atom. The van der Waals surface area contributed by atoms with Gasteiger partial charge in [0.2, 0.25) is 5.88 Å². The molecule has 0 unspecified atom stereocenters. The van der Waals surface area contributed by atoms with Gasteiger partial charge in [0.15, 0.2) is 0 Å². The number of aliphatic hydroxyl groups excluding tert-OH is 1. The third-order valence-corrected chi connectivity index (χ3v) is 5.41. The van der Waals surface area contributed by atoms with Gasteiger partial charge in [0, 0.05) is 30.9 Å². The minimum atomic E-state index is -0.489. The third kappa shape index (κ3) is 3.19. The van der Waals surface area contributed by atoms with Crippen molar-refractivity contribution < 1.29 is 14.6 Å². The van der Waals surface area contributed by atoms with Gasteiger partial charge in [0.25, 0.3) is 5.91 Å². The number of hydrogen-bond acceptors (Lipinski definition) is 5. The summed E-state index contributed by atoms with van der Waals surface area (Å²) in [6, 6.07) is 5.33. The largest absolute Gasteiger partial charge is 0.481 e. The molecule has 1 N–H and O–H groups in total. The standard InChI is InChI=1S/C19H24N4O3/c1-26-17-10-14(6-7-20-17)19(25)22-8-3-9-23-15(12-22)11-16(21-23)18(24)13-4-2-5-13/h6-7,10-11,13,18,24H,2-5,8-9,12H2,1H3/t18-/m1/s1. The Hall–Kier alpha value is -2.41. The highest BCUT2D eigenvalue weighted by Gasteiger charge is 2.30. The summed E-state index contributed by atoms with van der Waals surface area (Å²) in [6.45, 7) is 1.93. The summed E-state index contributed by atoms with van der Waals surface area (Å²) in [7, 11) is 1.54. The molecule has 0 saturated heterocycles. The van der Waals surface area contributed by atoms with Gasteiger partial charge in [0.05, 0.1) is 25.0 Å². The maximum atomic E-state index is 12.9. The fourth-order valence-electron chi connectivity index (χ4n) is 3.64. The predicted molar refractivity (Wildman–Crippen MR) is 94.7 cm³/mol. The number of amides is 1. The van der Waals surface area contributed by atoms with Gasteiger partial charge in [-0.1, -0.05) is 6.42 Å². The highest BCUT2D eigenvalue weighted by molar-refractivity contribution is 5.94. The molecule has 1 aliphatic heterocycles. The zero-order valence-corrected chi connectivity index (χ0v) is 15.0. The fourth-order valence-corrected chi connectivity index (χ4v) is 3.64. The van der Waals surface area contributed by atoms with E-state index in [4.69, 9.17) is 4.74 Å². The van der Waals surface area contributed by atoms with E-state index in [1.165, 1.54) is 13.5 Å². The highest BCUT2D eigenvalue weighted by Crippen LogP contribution is 2.37. The first-order valence-electron chi connectivity index (χ1n) is 9.19. The summed E-state index contributed by atoms with van der Waals surface area (Å²) >= 11 is 0. The van der Waals surface area contributed by atoms with Crippen LogP contribution in [-0.2, 0) is 13.1 Å². The van der Waals surface area contributed by atoms with Gasteiger partial charge in [-0.3, -0.25) is 9.48 Å². The van der Waals surface area contributed by atoms with Gasteiger partial charge in [0.1, 0.15) is 6.10 Å². The monoisotopic (exact) mass is 356 g/mol. The number of aryl methyl sites for hydroxylation is 1. The molecule has 1 saturated carbocycles. The number of hydrogen-bond donors (Lipinski definition) is 1. The molecule has 0 radical (unpaired) electrons. The molecule has 2 aliphatic rings. The van der Waals surface area contributed by atoms with Crippen LogP contribution in [0.1, 0.15) is 53.5 Å². The Balaban J connectivity index is 1.53. The minimum Gasteiger partial charge on any atom is -0.481 e. The number of carbonyl (C=O) groups excluding carboxylic acids is 1. The molecule has 1 atom stereocenters. The first kappa shape index (κ1) is 17.0. The summed E-state index contributed by atoms with van der Waals surface area (Å²) in [4.78, 5) is 18.8. The summed E-state index contributed by atoms with van der Waals surface area (Å²) in [6.07, 6.45) is 5.25. The summed E-state index contributed by atoms with van der Waals surface area (Å²) in [5.41, 5.74) is 2.29. The SMILES string of the molecule is COc1cc(C(=O)N2CCCn3nc([C@H](O)C4CCC4)cc3C2)ccn1. The number of aliphatic hydroxyl groups is 1. The van der Waals surface area contributed by atoms with Crippen LogP contribution < -0.4 is 4.74 Å². The second-order valence-corrected chi connectivity index (χ2v) is 7.09. The molecule has 1 aliphatic carbocycles. The van der Waals surface area contributed by atoms with E-state index in [0.717, 1.165) is 37.2 Å². The number of aromatic nitrogens is 3. The van der Waals surface area contributed by atoms with Crippen molar-refractivity contribution in [2.24, 2.45) is 5.92 Å². The molecule has 138 valence electrons. The molecule has 1 fully saturated rings. The molecule has 0 aromatic carbocycles. The average molecular weight is 356 g/mol. The van der Waals surface area contributed by atoms with Crippen molar-refractivity contribution in [1.82, 2.24) is 19.7 Å². The van der Waals surface area contributed by atoms with Crippen LogP contribution in [0, 0.1) is 5.92 Å². The molecule has 4 rings (SSSR count). The van der Waals surface area contributed by atoms with Crippen LogP contribution in [0.25, 0.3) is 0 Å². The fraction of sp³-hybridized carbons (Fsp3) is 0.526. The van der Waals surface area contributed by atoms with Crippen molar-refractivity contribution >= 4 is 5.91 Å². The first-order valence-corrected chi connectivity index (χ1v) is 9.19. The third-order valence-electron chi connectivity index (χ3n) is 5.41. The molecule has 2 aromatic rings. The van der Waals surface area contributed by atoms with Gasteiger partial charge in [-0.05, 0) is 37.3 Å². The predicted octanol–water partition coefficient (Wildman–Crippen LogP) is 2.17. The van der Waals surface area contributed by atoms with E-state index < -0.39 is 6.10 Å². The Morgan fingerprint density at radius 2 is 2.15 bits per heavy atom. The number of methoxy groups -OCH3 is 1. The first-order chi connectivity index (χ1) is 12.7. The molecular formula is C19H24N4O3. The lowest BCUT2D eigenvalue weighted by Crippen LogP contribution is -2.30. The Morgan fingerprint density at radius 3 is 2.88 bits per heavy atom. The van der Waals surface area contributed by atoms with Crippen molar-refractivity contribution in [1.29, 1.82) is 0 Å². The minimum absolute atomic E-state index is 0.0403. The number of rotatable bonds is 4. The number of nitrogens with zero attached hydrogens (tertiary/aromatic N) is 4. The van der Waals surface area contributed by atoms with E-state index in [1.54, 1.807) is 18.3 Å². The van der Waals surface area contributed by atoms with Crippen molar-refractivity contribution in [3.63, 3.8) is 0 Å². The van der Waals surface area contributed by atoms with E-state index >= 15 is 0 Å². The number of carbonyl (C=O) groups is 1. The van der Waals surface area contributed by atoms with E-state index in [9.17, 15) is 9.90 Å². The van der Waals surface area contributed by atoms with E-state index in [0.29, 0.717) is 30.5 Å². The van der Waals surface area contributed by atoms with Gasteiger partial charge in [-0.2, -0.15) is 5.10 Å². The molecule has 0 spiro atoms. The lowest BCUT2D eigenvalue weighted by Gasteiger charge is -2.29. The van der Waals surface area contributed by atoms with Crippen LogP contribution in [0.2, 0.25) is 0 Å². The van der Waals surface area contributed by atoms with Crippen LogP contribution >= 0.6 is 0 Å². The molecule has 2 aromatic heterocycles. The quantitative estimate of drug-likeness (QED) is 0.908. The molecular weight excluding hydrogens is 332 g/mol. The van der Waals surface area contributed by atoms with E-state index in [2.05, 4.69) is 10.1 Å². The topological polar surface area (TPSA) is 80.5 Å². The van der Waals surface area contributed by atoms with Crippen molar-refractivity contribution in [2.45, 2.75) is 44.9 Å². The van der Waals surface area contributed by atoms with Crippen LogP contribution in [0.3, 0.4) is 0 Å². The molecule has 7 nitrogen and oxygen atoms in total. The van der Waals surface area contributed by atoms with E-state index in [-0.39, 0.29) is 5.91 Å². The average Bonchev–Trinajstić information content (AvgIpc) is 2.91. The summed E-state index contributed by atoms with van der Waals surface area (Å²) in [5.74, 6) is 0.722. The van der Waals surface area contributed by atoms with Crippen molar-refractivity contribution in [2.75, 3.05) is 13.7 Å². The van der Waals surface area contributed by atoms with Crippen LogP contribution in [-0.4, -0.2) is 44.3 Å². The number of ether oxygens (including phenoxy) is 1. The second kappa shape index (κ2) is 7.07. The maximum Gasteiger partial charge on any atom is 0.254 e. The smallest absolute Gasteiger partial charge is 0.254 e. The molecule has 26 heavy (non-hydrogen) atoms. The Labute approximate surface area is 152 Å². The van der Waals surface area contributed by atoms with Crippen molar-refractivity contribution in [3.8, 4) is 5.88 Å². The highest BCUT2D eigenvalue weighted by atomic mass is 16.5. The molecule has 7 heteroatoms. The van der Waals surface area contributed by atoms with Crippen molar-refractivity contribution in [3.05, 3.63) is 41.3 Å². The number of pyridine rings is 1. The van der Waals surface area contributed by atoms with Gasteiger partial charge >= 0.3 is 0 Å². The maximum absolute atomic E-state index is 12.9. The summed E-state index contributed by atoms with van der Waals surface area (Å²) < 4.78 is 7.06. The van der Waals surface area contributed by atoms with Gasteiger partial charge in [-0.15, -0.1) is 0 Å². The Kier molecular flexibility index (Phi) is 4.63. The van der Waals surface area contributed by atoms with Gasteiger partial charge < -0.3 is 14.7 Å². The van der Waals surface area contributed by atoms with E-state index in [1.807, 2.05) is 15.6 Å². The lowest BCUT2D eigenvalue weighted by molar-refractivity contribution is 0.0580. The second-order valence-electron chi connectivity index (χ2n) is 7.09. The zero-order chi connectivity index (χ0) is 18.1. The van der Waals surface area contributed by atoms with Crippen LogP contribution in [0.5, 0.6) is 5.88 Å². The van der Waals surface area contributed by atoms with Gasteiger partial charge in [-0.25, -0.2) is 4.98 Å². The lowest BCUT2D eigenvalue weighted by atomic mass is 9.80. The Bertz CT molecular complexity index is 800. The molecule has 3 heterocycles. The van der Waals surface area contributed by atoms with Crippen LogP contribution in [0.15, 0.2) is 24.4 Å². The van der Waals surface area contributed by atoms with Crippen LogP contribution in [0.4, 0.5) is 0 Å². The zero-order valence-electron chi connectivity index (χ0n) is 15.0. The molecule has 1 amide bonds. The number of fused-ring (bicyclic) bond motifs is 1. The molecule has 0 bridgehead atoms. The normalized spacial score (nSPS) is 18.6. The summed E-state index contributed by atoms with van der Waals surface area (Å²) in [5, 5.41) is 15.1.